The molecule has 3 rings (SSSR count). The summed E-state index contributed by atoms with van der Waals surface area (Å²) in [5, 5.41) is 11.5. The van der Waals surface area contributed by atoms with Crippen molar-refractivity contribution in [3.8, 4) is 11.5 Å². The van der Waals surface area contributed by atoms with E-state index in [9.17, 15) is 9.90 Å². The van der Waals surface area contributed by atoms with Crippen molar-refractivity contribution >= 4 is 17.0 Å². The van der Waals surface area contributed by atoms with Gasteiger partial charge in [-0.2, -0.15) is 0 Å². The molecule has 0 fully saturated rings. The predicted octanol–water partition coefficient (Wildman–Crippen LogP) is 5.61. The predicted molar refractivity (Wildman–Crippen MR) is 114 cm³/mol. The molecule has 0 saturated carbocycles. The average molecular weight is 380 g/mol. The molecule has 4 heteroatoms. The number of rotatable bonds is 4. The Kier molecular flexibility index (Phi) is 4.38. The minimum absolute atomic E-state index is 0.0326. The second-order valence-electron chi connectivity index (χ2n) is 9.05. The molecule has 0 saturated heterocycles. The summed E-state index contributed by atoms with van der Waals surface area (Å²) >= 11 is 0. The monoisotopic (exact) mass is 380 g/mol. The second kappa shape index (κ2) is 6.13. The first-order chi connectivity index (χ1) is 12.8. The van der Waals surface area contributed by atoms with Gasteiger partial charge < -0.3 is 14.3 Å². The van der Waals surface area contributed by atoms with Gasteiger partial charge in [-0.05, 0) is 32.1 Å². The highest BCUT2D eigenvalue weighted by Crippen LogP contribution is 2.49. The van der Waals surface area contributed by atoms with E-state index in [0.717, 1.165) is 0 Å². The fourth-order valence-electron chi connectivity index (χ4n) is 3.41. The molecule has 0 radical (unpaired) electrons. The molecule has 0 unspecified atom stereocenters. The van der Waals surface area contributed by atoms with Crippen LogP contribution in [-0.2, 0) is 10.8 Å². The molecular weight excluding hydrogens is 352 g/mol. The van der Waals surface area contributed by atoms with Gasteiger partial charge in [0.15, 0.2) is 0 Å². The van der Waals surface area contributed by atoms with E-state index >= 15 is 0 Å². The molecule has 4 nitrogen and oxygen atoms in total. The van der Waals surface area contributed by atoms with Crippen molar-refractivity contribution in [3.63, 3.8) is 0 Å². The van der Waals surface area contributed by atoms with Crippen LogP contribution in [0.15, 0.2) is 46.7 Å². The lowest BCUT2D eigenvalue weighted by Crippen LogP contribution is -2.30. The molecule has 0 bridgehead atoms. The topological polar surface area (TPSA) is 59.7 Å². The lowest BCUT2D eigenvalue weighted by molar-refractivity contribution is 0.155. The quantitative estimate of drug-likeness (QED) is 0.553. The van der Waals surface area contributed by atoms with Gasteiger partial charge in [-0.25, -0.2) is 4.79 Å². The van der Waals surface area contributed by atoms with Crippen LogP contribution in [0.2, 0.25) is 0 Å². The Balaban J connectivity index is 2.54. The number of hydrogen-bond donors (Lipinski definition) is 1. The van der Waals surface area contributed by atoms with Gasteiger partial charge in [0.1, 0.15) is 22.7 Å². The molecule has 148 valence electrons. The molecule has 2 aromatic rings. The lowest BCUT2D eigenvalue weighted by atomic mass is 9.79. The van der Waals surface area contributed by atoms with Crippen LogP contribution < -0.4 is 10.4 Å². The SMILES string of the molecule is C=CC(C)(C)c1cc2c(O)c3c(c(C(C)(C)C=C)c2oc1=O)OC(C)(C)C=C3. The van der Waals surface area contributed by atoms with Gasteiger partial charge in [0.05, 0.1) is 10.9 Å². The Labute approximate surface area is 165 Å². The summed E-state index contributed by atoms with van der Waals surface area (Å²) in [6.07, 6.45) is 7.25. The van der Waals surface area contributed by atoms with E-state index in [-0.39, 0.29) is 5.75 Å². The fraction of sp³-hybridized carbons (Fsp3) is 0.375. The number of phenols is 1. The average Bonchev–Trinajstić information content (AvgIpc) is 2.60. The molecule has 2 heterocycles. The summed E-state index contributed by atoms with van der Waals surface area (Å²) in [6, 6.07) is 1.70. The van der Waals surface area contributed by atoms with Crippen molar-refractivity contribution in [2.45, 2.75) is 58.0 Å². The standard InChI is InChI=1S/C24H28O4/c1-9-22(3,4)16-13-15-18(25)14-11-12-24(7,8)28-20(14)17(23(5,6)10-2)19(15)27-21(16)26/h9-13,25H,1-2H2,3-8H3. The smallest absolute Gasteiger partial charge is 0.340 e. The van der Waals surface area contributed by atoms with Crippen LogP contribution >= 0.6 is 0 Å². The number of benzene rings is 1. The van der Waals surface area contributed by atoms with Crippen LogP contribution in [0.4, 0.5) is 0 Å². The van der Waals surface area contributed by atoms with E-state index in [0.29, 0.717) is 33.4 Å². The van der Waals surface area contributed by atoms with E-state index in [1.165, 1.54) is 0 Å². The van der Waals surface area contributed by atoms with Gasteiger partial charge in [-0.15, -0.1) is 13.2 Å². The summed E-state index contributed by atoms with van der Waals surface area (Å²) < 4.78 is 12.0. The molecule has 28 heavy (non-hydrogen) atoms. The number of hydrogen-bond acceptors (Lipinski definition) is 4. The Morgan fingerprint density at radius 2 is 1.71 bits per heavy atom. The molecule has 1 aliphatic heterocycles. The van der Waals surface area contributed by atoms with Gasteiger partial charge in [0.25, 0.3) is 0 Å². The zero-order valence-corrected chi connectivity index (χ0v) is 17.5. The Hall–Kier alpha value is -2.75. The van der Waals surface area contributed by atoms with Crippen molar-refractivity contribution in [2.75, 3.05) is 0 Å². The summed E-state index contributed by atoms with van der Waals surface area (Å²) in [4.78, 5) is 12.8. The zero-order chi connectivity index (χ0) is 21.1. The molecule has 0 amide bonds. The Morgan fingerprint density at radius 1 is 1.11 bits per heavy atom. The van der Waals surface area contributed by atoms with E-state index < -0.39 is 22.1 Å². The first-order valence-electron chi connectivity index (χ1n) is 9.38. The third kappa shape index (κ3) is 2.97. The number of allylic oxidation sites excluding steroid dienone is 2. The van der Waals surface area contributed by atoms with Gasteiger partial charge in [0.2, 0.25) is 0 Å². The van der Waals surface area contributed by atoms with E-state index in [1.807, 2.05) is 53.7 Å². The maximum absolute atomic E-state index is 12.8. The van der Waals surface area contributed by atoms with Gasteiger partial charge >= 0.3 is 5.63 Å². The molecule has 0 spiro atoms. The lowest BCUT2D eigenvalue weighted by Gasteiger charge is -2.34. The summed E-state index contributed by atoms with van der Waals surface area (Å²) in [5.41, 5.74) is -0.124. The number of aromatic hydroxyl groups is 1. The van der Waals surface area contributed by atoms with Gasteiger partial charge in [-0.3, -0.25) is 0 Å². The van der Waals surface area contributed by atoms with Crippen LogP contribution in [0, 0.1) is 0 Å². The van der Waals surface area contributed by atoms with Crippen LogP contribution in [0.3, 0.4) is 0 Å². The molecule has 1 aliphatic rings. The van der Waals surface area contributed by atoms with Crippen LogP contribution in [0.5, 0.6) is 11.5 Å². The van der Waals surface area contributed by atoms with Crippen molar-refractivity contribution in [1.82, 2.24) is 0 Å². The second-order valence-corrected chi connectivity index (χ2v) is 9.05. The van der Waals surface area contributed by atoms with Gasteiger partial charge in [-0.1, -0.05) is 39.8 Å². The number of phenolic OH excluding ortho intramolecular Hbond substituents is 1. The largest absolute Gasteiger partial charge is 0.506 e. The normalized spacial score (nSPS) is 15.8. The number of ether oxygens (including phenoxy) is 1. The van der Waals surface area contributed by atoms with Crippen LogP contribution in [0.25, 0.3) is 17.0 Å². The van der Waals surface area contributed by atoms with E-state index in [2.05, 4.69) is 13.2 Å². The van der Waals surface area contributed by atoms with E-state index in [1.54, 1.807) is 18.2 Å². The highest BCUT2D eigenvalue weighted by atomic mass is 16.5. The third-order valence-electron chi connectivity index (χ3n) is 5.53. The van der Waals surface area contributed by atoms with Crippen LogP contribution in [-0.4, -0.2) is 10.7 Å². The fourth-order valence-corrected chi connectivity index (χ4v) is 3.41. The van der Waals surface area contributed by atoms with Crippen molar-refractivity contribution in [1.29, 1.82) is 0 Å². The molecule has 1 aromatic carbocycles. The highest BCUT2D eigenvalue weighted by Gasteiger charge is 2.35. The van der Waals surface area contributed by atoms with Crippen LogP contribution in [0.1, 0.15) is 58.2 Å². The minimum Gasteiger partial charge on any atom is -0.506 e. The summed E-state index contributed by atoms with van der Waals surface area (Å²) in [7, 11) is 0. The van der Waals surface area contributed by atoms with Gasteiger partial charge in [0, 0.05) is 22.0 Å². The molecular formula is C24H28O4. The van der Waals surface area contributed by atoms with Crippen molar-refractivity contribution in [2.24, 2.45) is 0 Å². The van der Waals surface area contributed by atoms with E-state index in [4.69, 9.17) is 9.15 Å². The highest BCUT2D eigenvalue weighted by molar-refractivity contribution is 5.95. The van der Waals surface area contributed by atoms with Crippen molar-refractivity contribution in [3.05, 3.63) is 64.6 Å². The summed E-state index contributed by atoms with van der Waals surface area (Å²) in [6.45, 7) is 19.4. The molecule has 0 aliphatic carbocycles. The third-order valence-corrected chi connectivity index (χ3v) is 5.53. The first kappa shape index (κ1) is 20.0. The molecule has 1 N–H and O–H groups in total. The zero-order valence-electron chi connectivity index (χ0n) is 17.5. The Bertz CT molecular complexity index is 1080. The molecule has 0 atom stereocenters. The van der Waals surface area contributed by atoms with Crippen molar-refractivity contribution < 1.29 is 14.3 Å². The summed E-state index contributed by atoms with van der Waals surface area (Å²) in [5.74, 6) is 0.548. The maximum Gasteiger partial charge on any atom is 0.340 e. The Morgan fingerprint density at radius 3 is 2.29 bits per heavy atom. The maximum atomic E-state index is 12.8. The first-order valence-corrected chi connectivity index (χ1v) is 9.38. The molecule has 1 aromatic heterocycles. The number of fused-ring (bicyclic) bond motifs is 2. The minimum atomic E-state index is -0.598.